The van der Waals surface area contributed by atoms with Gasteiger partial charge in [0.25, 0.3) is 0 Å². The van der Waals surface area contributed by atoms with Crippen LogP contribution in [0.2, 0.25) is 0 Å². The summed E-state index contributed by atoms with van der Waals surface area (Å²) in [5.74, 6) is 1.55. The second-order valence-corrected chi connectivity index (χ2v) is 4.34. The van der Waals surface area contributed by atoms with Crippen molar-refractivity contribution < 1.29 is 0 Å². The summed E-state index contributed by atoms with van der Waals surface area (Å²) in [5, 5.41) is 6.89. The van der Waals surface area contributed by atoms with Gasteiger partial charge < -0.3 is 4.90 Å². The molecular formula is C12H15N5. The van der Waals surface area contributed by atoms with Crippen molar-refractivity contribution in [3.63, 3.8) is 0 Å². The molecule has 0 saturated carbocycles. The number of aromatic nitrogens is 4. The number of hydrogen-bond donors (Lipinski definition) is 1. The van der Waals surface area contributed by atoms with E-state index in [-0.39, 0.29) is 0 Å². The summed E-state index contributed by atoms with van der Waals surface area (Å²) < 4.78 is 0. The summed E-state index contributed by atoms with van der Waals surface area (Å²) in [4.78, 5) is 10.7. The van der Waals surface area contributed by atoms with Crippen LogP contribution in [0.25, 0.3) is 0 Å². The quantitative estimate of drug-likeness (QED) is 0.849. The fourth-order valence-electron chi connectivity index (χ4n) is 2.38. The number of hydrogen-bond acceptors (Lipinski definition) is 4. The van der Waals surface area contributed by atoms with Crippen LogP contribution in [0.3, 0.4) is 0 Å². The van der Waals surface area contributed by atoms with Crippen molar-refractivity contribution in [1.82, 2.24) is 20.2 Å². The van der Waals surface area contributed by atoms with E-state index in [4.69, 9.17) is 0 Å². The Balaban J connectivity index is 1.65. The van der Waals surface area contributed by atoms with E-state index in [1.807, 2.05) is 12.4 Å². The highest BCUT2D eigenvalue weighted by Gasteiger charge is 2.22. The van der Waals surface area contributed by atoms with E-state index in [9.17, 15) is 0 Å². The third kappa shape index (κ3) is 2.13. The molecule has 88 valence electrons. The molecule has 1 N–H and O–H groups in total. The summed E-state index contributed by atoms with van der Waals surface area (Å²) in [6.45, 7) is 2.13. The third-order valence-electron chi connectivity index (χ3n) is 3.34. The van der Waals surface area contributed by atoms with Gasteiger partial charge in [-0.25, -0.2) is 4.98 Å². The molecule has 1 aliphatic rings. The lowest BCUT2D eigenvalue weighted by Crippen LogP contribution is -2.33. The predicted molar refractivity (Wildman–Crippen MR) is 64.8 cm³/mol. The average Bonchev–Trinajstić information content (AvgIpc) is 2.94. The highest BCUT2D eigenvalue weighted by molar-refractivity contribution is 5.45. The smallest absolute Gasteiger partial charge is 0.137 e. The first-order valence-corrected chi connectivity index (χ1v) is 5.94. The van der Waals surface area contributed by atoms with Crippen molar-refractivity contribution in [3.05, 3.63) is 36.7 Å². The number of H-pyrrole nitrogens is 1. The fraction of sp³-hybridized carbons (Fsp3) is 0.417. The molecule has 0 atom stereocenters. The molecule has 0 aliphatic carbocycles. The Morgan fingerprint density at radius 1 is 1.18 bits per heavy atom. The lowest BCUT2D eigenvalue weighted by Gasteiger charge is -2.32. The van der Waals surface area contributed by atoms with Gasteiger partial charge >= 0.3 is 0 Å². The standard InChI is InChI=1S/C12H15N5/c1-5-13-6-2-11(1)17-7-3-10(4-8-17)12-14-9-15-16-12/h1-2,5-6,9-10H,3-4,7-8H2,(H,14,15,16). The van der Waals surface area contributed by atoms with Crippen LogP contribution in [0.5, 0.6) is 0 Å². The fourth-order valence-corrected chi connectivity index (χ4v) is 2.38. The van der Waals surface area contributed by atoms with Gasteiger partial charge in [0.1, 0.15) is 12.2 Å². The molecule has 0 spiro atoms. The van der Waals surface area contributed by atoms with Crippen LogP contribution < -0.4 is 4.90 Å². The molecule has 5 heteroatoms. The van der Waals surface area contributed by atoms with E-state index in [2.05, 4.69) is 37.2 Å². The molecular weight excluding hydrogens is 214 g/mol. The summed E-state index contributed by atoms with van der Waals surface area (Å²) >= 11 is 0. The highest BCUT2D eigenvalue weighted by atomic mass is 15.2. The van der Waals surface area contributed by atoms with Gasteiger partial charge in [-0.1, -0.05) is 0 Å². The number of piperidine rings is 1. The lowest BCUT2D eigenvalue weighted by atomic mass is 9.96. The molecule has 1 fully saturated rings. The summed E-state index contributed by atoms with van der Waals surface area (Å²) in [7, 11) is 0. The van der Waals surface area contributed by atoms with Gasteiger partial charge in [-0.3, -0.25) is 10.1 Å². The molecule has 2 aromatic heterocycles. The minimum absolute atomic E-state index is 0.524. The first-order valence-electron chi connectivity index (χ1n) is 5.94. The Morgan fingerprint density at radius 3 is 2.59 bits per heavy atom. The molecule has 0 radical (unpaired) electrons. The second kappa shape index (κ2) is 4.53. The minimum Gasteiger partial charge on any atom is -0.371 e. The molecule has 0 unspecified atom stereocenters. The van der Waals surface area contributed by atoms with Crippen molar-refractivity contribution in [2.24, 2.45) is 0 Å². The molecule has 0 bridgehead atoms. The van der Waals surface area contributed by atoms with Gasteiger partial charge in [-0.2, -0.15) is 5.10 Å². The number of anilines is 1. The Hall–Kier alpha value is -1.91. The topological polar surface area (TPSA) is 57.7 Å². The van der Waals surface area contributed by atoms with Crippen molar-refractivity contribution in [3.8, 4) is 0 Å². The Labute approximate surface area is 99.9 Å². The van der Waals surface area contributed by atoms with Gasteiger partial charge in [0.15, 0.2) is 0 Å². The van der Waals surface area contributed by atoms with Crippen LogP contribution in [-0.4, -0.2) is 33.3 Å². The molecule has 0 amide bonds. The van der Waals surface area contributed by atoms with E-state index in [1.165, 1.54) is 5.69 Å². The molecule has 17 heavy (non-hydrogen) atoms. The highest BCUT2D eigenvalue weighted by Crippen LogP contribution is 2.27. The van der Waals surface area contributed by atoms with Crippen molar-refractivity contribution in [1.29, 1.82) is 0 Å². The first-order chi connectivity index (χ1) is 8.43. The van der Waals surface area contributed by atoms with Gasteiger partial charge in [0.05, 0.1) is 0 Å². The molecule has 2 aromatic rings. The summed E-state index contributed by atoms with van der Waals surface area (Å²) in [6, 6.07) is 4.13. The number of rotatable bonds is 2. The maximum Gasteiger partial charge on any atom is 0.137 e. The zero-order chi connectivity index (χ0) is 11.5. The SMILES string of the molecule is c1cc(N2CCC(c3ncn[nH]3)CC2)ccn1. The number of pyridine rings is 1. The predicted octanol–water partition coefficient (Wildman–Crippen LogP) is 1.58. The normalized spacial score (nSPS) is 17.3. The molecule has 3 heterocycles. The van der Waals surface area contributed by atoms with E-state index in [1.54, 1.807) is 6.33 Å². The molecule has 0 aromatic carbocycles. The summed E-state index contributed by atoms with van der Waals surface area (Å²) in [5.41, 5.74) is 1.26. The second-order valence-electron chi connectivity index (χ2n) is 4.34. The number of nitrogens with one attached hydrogen (secondary N) is 1. The van der Waals surface area contributed by atoms with Gasteiger partial charge in [0, 0.05) is 37.1 Å². The number of nitrogens with zero attached hydrogens (tertiary/aromatic N) is 4. The Kier molecular flexibility index (Phi) is 2.73. The van der Waals surface area contributed by atoms with Crippen LogP contribution in [0.1, 0.15) is 24.6 Å². The zero-order valence-electron chi connectivity index (χ0n) is 9.58. The van der Waals surface area contributed by atoms with Gasteiger partial charge in [0.2, 0.25) is 0 Å². The van der Waals surface area contributed by atoms with Crippen LogP contribution in [-0.2, 0) is 0 Å². The lowest BCUT2D eigenvalue weighted by molar-refractivity contribution is 0.487. The van der Waals surface area contributed by atoms with E-state index in [0.717, 1.165) is 31.8 Å². The van der Waals surface area contributed by atoms with Crippen LogP contribution in [0.15, 0.2) is 30.9 Å². The van der Waals surface area contributed by atoms with E-state index < -0.39 is 0 Å². The third-order valence-corrected chi connectivity index (χ3v) is 3.34. The summed E-state index contributed by atoms with van der Waals surface area (Å²) in [6.07, 6.45) is 7.52. The maximum absolute atomic E-state index is 4.24. The van der Waals surface area contributed by atoms with Crippen molar-refractivity contribution in [2.45, 2.75) is 18.8 Å². The van der Waals surface area contributed by atoms with Crippen LogP contribution in [0.4, 0.5) is 5.69 Å². The van der Waals surface area contributed by atoms with Gasteiger partial charge in [-0.05, 0) is 25.0 Å². The maximum atomic E-state index is 4.24. The Bertz CT molecular complexity index is 445. The van der Waals surface area contributed by atoms with Crippen LogP contribution in [0, 0.1) is 0 Å². The monoisotopic (exact) mass is 229 g/mol. The molecule has 1 aliphatic heterocycles. The van der Waals surface area contributed by atoms with E-state index >= 15 is 0 Å². The largest absolute Gasteiger partial charge is 0.371 e. The number of aromatic amines is 1. The first kappa shape index (κ1) is 10.3. The van der Waals surface area contributed by atoms with Gasteiger partial charge in [-0.15, -0.1) is 0 Å². The van der Waals surface area contributed by atoms with Crippen molar-refractivity contribution in [2.75, 3.05) is 18.0 Å². The minimum atomic E-state index is 0.524. The van der Waals surface area contributed by atoms with E-state index in [0.29, 0.717) is 5.92 Å². The Morgan fingerprint density at radius 2 is 1.94 bits per heavy atom. The molecule has 5 nitrogen and oxygen atoms in total. The molecule has 1 saturated heterocycles. The average molecular weight is 229 g/mol. The molecule has 3 rings (SSSR count). The zero-order valence-corrected chi connectivity index (χ0v) is 9.58. The van der Waals surface area contributed by atoms with Crippen molar-refractivity contribution >= 4 is 5.69 Å². The van der Waals surface area contributed by atoms with Crippen LogP contribution >= 0.6 is 0 Å².